The zero-order chi connectivity index (χ0) is 25.4. The third-order valence-corrected chi connectivity index (χ3v) is 7.10. The van der Waals surface area contributed by atoms with Gasteiger partial charge in [0.2, 0.25) is 5.82 Å². The van der Waals surface area contributed by atoms with Crippen molar-refractivity contribution in [1.82, 2.24) is 9.97 Å². The minimum Gasteiger partial charge on any atom is -0.497 e. The fourth-order valence-corrected chi connectivity index (χ4v) is 5.45. The Bertz CT molecular complexity index is 1580. The van der Waals surface area contributed by atoms with Gasteiger partial charge in [-0.15, -0.1) is 23.7 Å². The van der Waals surface area contributed by atoms with Crippen LogP contribution >= 0.6 is 23.7 Å². The second kappa shape index (κ2) is 10.6. The first-order chi connectivity index (χ1) is 17.4. The number of anilines is 1. The van der Waals surface area contributed by atoms with Crippen molar-refractivity contribution in [2.45, 2.75) is 19.4 Å². The second-order valence-corrected chi connectivity index (χ2v) is 9.28. The molecule has 2 aromatic carbocycles. The number of hydrogen-bond acceptors (Lipinski definition) is 8. The van der Waals surface area contributed by atoms with Crippen LogP contribution in [-0.4, -0.2) is 40.7 Å². The average Bonchev–Trinajstić information content (AvgIpc) is 3.27. The number of benzene rings is 2. The van der Waals surface area contributed by atoms with Crippen LogP contribution in [0.2, 0.25) is 0 Å². The van der Waals surface area contributed by atoms with Gasteiger partial charge in [-0.2, -0.15) is 0 Å². The topological polar surface area (TPSA) is 157 Å². The van der Waals surface area contributed by atoms with Gasteiger partial charge in [0, 0.05) is 17.0 Å². The maximum atomic E-state index is 12.4. The van der Waals surface area contributed by atoms with Gasteiger partial charge in [0.15, 0.2) is 6.61 Å². The van der Waals surface area contributed by atoms with Crippen molar-refractivity contribution in [3.63, 3.8) is 0 Å². The standard InChI is InChI=1S/C16H12N2O4S.C9H10N2O2.ClH/c1-22-8-3-4-9-7(6-8)2-5-10-11(9)12-14(19)17-13(16(20)21)18-15(12)23-10;10-4-6-1-2-8-7(3-6)11-9(12)5-13-8;/h3-4,6H,2,5H2,1H3,(H,20,21)(H,17,18,19);1-3H,4-5,10H2,(H,11,12);1H. The van der Waals surface area contributed by atoms with Gasteiger partial charge in [-0.25, -0.2) is 9.78 Å². The minimum absolute atomic E-state index is 0. The van der Waals surface area contributed by atoms with Crippen LogP contribution in [-0.2, 0) is 24.2 Å². The normalized spacial score (nSPS) is 13.0. The lowest BCUT2D eigenvalue weighted by Gasteiger charge is -2.18. The number of fused-ring (bicyclic) bond motifs is 6. The van der Waals surface area contributed by atoms with Gasteiger partial charge in [-0.05, 0) is 53.8 Å². The lowest BCUT2D eigenvalue weighted by molar-refractivity contribution is -0.118. The Morgan fingerprint density at radius 3 is 2.76 bits per heavy atom. The molecule has 0 atom stereocenters. The largest absolute Gasteiger partial charge is 0.497 e. The number of aryl methyl sites for hydroxylation is 2. The fraction of sp³-hybridized carbons (Fsp3) is 0.200. The van der Waals surface area contributed by atoms with E-state index in [1.165, 1.54) is 11.3 Å². The lowest BCUT2D eigenvalue weighted by atomic mass is 9.89. The number of carboxylic acid groups (broad SMARTS) is 1. The van der Waals surface area contributed by atoms with E-state index in [0.717, 1.165) is 45.7 Å². The summed E-state index contributed by atoms with van der Waals surface area (Å²) in [6, 6.07) is 11.3. The first kappa shape index (κ1) is 26.1. The van der Waals surface area contributed by atoms with Gasteiger partial charge in [-0.3, -0.25) is 9.59 Å². The molecule has 0 saturated carbocycles. The molecule has 0 radical (unpaired) electrons. The number of carbonyl (C=O) groups is 2. The Morgan fingerprint density at radius 1 is 1.22 bits per heavy atom. The molecule has 0 fully saturated rings. The molecule has 0 spiro atoms. The number of rotatable bonds is 3. The molecule has 2 aliphatic rings. The molecule has 0 bridgehead atoms. The van der Waals surface area contributed by atoms with E-state index in [9.17, 15) is 14.4 Å². The van der Waals surface area contributed by atoms with Gasteiger partial charge in [0.25, 0.3) is 11.5 Å². The number of H-pyrrole nitrogens is 1. The van der Waals surface area contributed by atoms with Crippen LogP contribution < -0.4 is 26.1 Å². The predicted molar refractivity (Wildman–Crippen MR) is 142 cm³/mol. The number of carboxylic acids is 1. The Balaban J connectivity index is 0.000000195. The number of ether oxygens (including phenoxy) is 2. The van der Waals surface area contributed by atoms with E-state index in [1.54, 1.807) is 7.11 Å². The molecular weight excluding hydrogens is 520 g/mol. The molecule has 10 nitrogen and oxygen atoms in total. The van der Waals surface area contributed by atoms with Crippen LogP contribution in [0.4, 0.5) is 5.69 Å². The summed E-state index contributed by atoms with van der Waals surface area (Å²) in [5.74, 6) is -0.193. The molecule has 0 unspecified atom stereocenters. The Kier molecular flexibility index (Phi) is 7.48. The third kappa shape index (κ3) is 5.01. The number of methoxy groups -OCH3 is 1. The number of aromatic amines is 1. The number of nitrogens with one attached hydrogen (secondary N) is 2. The first-order valence-electron chi connectivity index (χ1n) is 11.1. The molecular formula is C25H23ClN4O6S. The minimum atomic E-state index is -1.24. The number of aromatic carboxylic acids is 1. The molecule has 6 rings (SSSR count). The van der Waals surface area contributed by atoms with Gasteiger partial charge >= 0.3 is 5.97 Å². The van der Waals surface area contributed by atoms with Crippen LogP contribution in [0.15, 0.2) is 41.2 Å². The molecule has 2 aromatic heterocycles. The van der Waals surface area contributed by atoms with E-state index in [4.69, 9.17) is 20.3 Å². The van der Waals surface area contributed by atoms with Crippen LogP contribution in [0.5, 0.6) is 11.5 Å². The van der Waals surface area contributed by atoms with Gasteiger partial charge in [0.05, 0.1) is 18.2 Å². The van der Waals surface area contributed by atoms with E-state index < -0.39 is 11.5 Å². The molecule has 12 heteroatoms. The zero-order valence-electron chi connectivity index (χ0n) is 19.6. The summed E-state index contributed by atoms with van der Waals surface area (Å²) >= 11 is 1.39. The van der Waals surface area contributed by atoms with Crippen molar-refractivity contribution >= 4 is 51.5 Å². The average molecular weight is 543 g/mol. The van der Waals surface area contributed by atoms with Crippen molar-refractivity contribution < 1.29 is 24.2 Å². The molecule has 192 valence electrons. The molecule has 4 aromatic rings. The maximum Gasteiger partial charge on any atom is 0.372 e. The van der Waals surface area contributed by atoms with E-state index in [1.807, 2.05) is 36.4 Å². The number of amides is 1. The summed E-state index contributed by atoms with van der Waals surface area (Å²) in [4.78, 5) is 42.4. The summed E-state index contributed by atoms with van der Waals surface area (Å²) in [5, 5.41) is 12.2. The molecule has 3 heterocycles. The summed E-state index contributed by atoms with van der Waals surface area (Å²) in [6.45, 7) is 0.554. The van der Waals surface area contributed by atoms with Crippen molar-refractivity contribution in [1.29, 1.82) is 0 Å². The van der Waals surface area contributed by atoms with E-state index in [0.29, 0.717) is 28.2 Å². The Morgan fingerprint density at radius 2 is 2.03 bits per heavy atom. The van der Waals surface area contributed by atoms with E-state index in [-0.39, 0.29) is 30.7 Å². The summed E-state index contributed by atoms with van der Waals surface area (Å²) in [7, 11) is 1.62. The lowest BCUT2D eigenvalue weighted by Crippen LogP contribution is -2.25. The summed E-state index contributed by atoms with van der Waals surface area (Å²) in [5.41, 5.74) is 9.73. The maximum absolute atomic E-state index is 12.4. The highest BCUT2D eigenvalue weighted by Crippen LogP contribution is 2.42. The van der Waals surface area contributed by atoms with Crippen molar-refractivity contribution in [2.75, 3.05) is 19.0 Å². The quantitative estimate of drug-likeness (QED) is 0.307. The molecule has 1 aliphatic carbocycles. The van der Waals surface area contributed by atoms with Crippen LogP contribution in [0.25, 0.3) is 21.3 Å². The number of hydrogen-bond donors (Lipinski definition) is 4. The van der Waals surface area contributed by atoms with Crippen molar-refractivity contribution in [2.24, 2.45) is 5.73 Å². The van der Waals surface area contributed by atoms with Crippen molar-refractivity contribution in [3.8, 4) is 22.6 Å². The Hall–Kier alpha value is -3.93. The molecule has 5 N–H and O–H groups in total. The number of carbonyl (C=O) groups excluding carboxylic acids is 1. The first-order valence-corrected chi connectivity index (χ1v) is 11.9. The van der Waals surface area contributed by atoms with Gasteiger partial charge in [0.1, 0.15) is 16.3 Å². The van der Waals surface area contributed by atoms with E-state index in [2.05, 4.69) is 15.3 Å². The van der Waals surface area contributed by atoms with Gasteiger partial charge in [-0.1, -0.05) is 12.1 Å². The number of thiophene rings is 1. The SMILES string of the molecule is COc1ccc2c(c1)CCc1sc3nc(C(=O)O)[nH]c(=O)c3c1-2.Cl.NCc1ccc2c(c1)NC(=O)CO2. The Labute approximate surface area is 220 Å². The van der Waals surface area contributed by atoms with Gasteiger partial charge < -0.3 is 30.6 Å². The smallest absolute Gasteiger partial charge is 0.372 e. The fourth-order valence-electron chi connectivity index (χ4n) is 4.27. The molecule has 1 amide bonds. The molecule has 37 heavy (non-hydrogen) atoms. The number of nitrogens with two attached hydrogens (primary N) is 1. The van der Waals surface area contributed by atoms with Crippen LogP contribution in [0.1, 0.15) is 26.6 Å². The predicted octanol–water partition coefficient (Wildman–Crippen LogP) is 3.36. The summed E-state index contributed by atoms with van der Waals surface area (Å²) in [6.07, 6.45) is 1.66. The number of aromatic nitrogens is 2. The zero-order valence-corrected chi connectivity index (χ0v) is 21.3. The number of nitrogens with zero attached hydrogens (tertiary/aromatic N) is 1. The number of halogens is 1. The monoisotopic (exact) mass is 542 g/mol. The van der Waals surface area contributed by atoms with Crippen LogP contribution in [0, 0.1) is 0 Å². The van der Waals surface area contributed by atoms with Crippen LogP contribution in [0.3, 0.4) is 0 Å². The molecule has 0 saturated heterocycles. The molecule has 1 aliphatic heterocycles. The van der Waals surface area contributed by atoms with Crippen molar-refractivity contribution in [3.05, 3.63) is 68.6 Å². The summed E-state index contributed by atoms with van der Waals surface area (Å²) < 4.78 is 10.4. The highest BCUT2D eigenvalue weighted by atomic mass is 35.5. The highest BCUT2D eigenvalue weighted by Gasteiger charge is 2.25. The second-order valence-electron chi connectivity index (χ2n) is 8.19. The third-order valence-electron chi connectivity index (χ3n) is 5.95. The van der Waals surface area contributed by atoms with E-state index >= 15 is 0 Å². The highest BCUT2D eigenvalue weighted by molar-refractivity contribution is 7.19.